The molecule has 106 valence electrons. The number of nitrogens with zero attached hydrogens (tertiary/aromatic N) is 1. The first-order valence-corrected chi connectivity index (χ1v) is 6.90. The van der Waals surface area contributed by atoms with Crippen molar-refractivity contribution in [3.05, 3.63) is 18.2 Å². The third kappa shape index (κ3) is 4.58. The van der Waals surface area contributed by atoms with Gasteiger partial charge in [-0.1, -0.05) is 0 Å². The first-order valence-electron chi connectivity index (χ1n) is 6.90. The van der Waals surface area contributed by atoms with Gasteiger partial charge >= 0.3 is 6.09 Å². The normalized spacial score (nSPS) is 23.3. The van der Waals surface area contributed by atoms with E-state index in [9.17, 15) is 4.79 Å². The average Bonchev–Trinajstić information content (AvgIpc) is 2.88. The zero-order chi connectivity index (χ0) is 13.9. The summed E-state index contributed by atoms with van der Waals surface area (Å²) in [4.78, 5) is 19.1. The molecule has 1 aliphatic carbocycles. The maximum Gasteiger partial charge on any atom is 0.407 e. The average molecular weight is 265 g/mol. The largest absolute Gasteiger partial charge is 0.444 e. The van der Waals surface area contributed by atoms with E-state index in [0.29, 0.717) is 5.92 Å². The Hall–Kier alpha value is -1.52. The highest BCUT2D eigenvalue weighted by Gasteiger charge is 2.28. The van der Waals surface area contributed by atoms with Crippen LogP contribution in [-0.2, 0) is 11.2 Å². The molecule has 5 heteroatoms. The van der Waals surface area contributed by atoms with Gasteiger partial charge in [-0.3, -0.25) is 0 Å². The predicted molar refractivity (Wildman–Crippen MR) is 72.8 cm³/mol. The molecule has 1 heterocycles. The molecule has 0 spiro atoms. The van der Waals surface area contributed by atoms with Gasteiger partial charge in [-0.2, -0.15) is 0 Å². The number of alkyl carbamates (subject to hydrolysis) is 1. The Morgan fingerprint density at radius 1 is 1.53 bits per heavy atom. The van der Waals surface area contributed by atoms with Gasteiger partial charge in [0.15, 0.2) is 0 Å². The van der Waals surface area contributed by atoms with Crippen molar-refractivity contribution in [3.8, 4) is 0 Å². The van der Waals surface area contributed by atoms with Gasteiger partial charge in [-0.05, 0) is 46.0 Å². The number of imidazole rings is 1. The lowest BCUT2D eigenvalue weighted by molar-refractivity contribution is 0.0504. The van der Waals surface area contributed by atoms with E-state index >= 15 is 0 Å². The van der Waals surface area contributed by atoms with Gasteiger partial charge in [0.1, 0.15) is 11.4 Å². The molecule has 5 nitrogen and oxygen atoms in total. The summed E-state index contributed by atoms with van der Waals surface area (Å²) in [6.45, 7) is 5.63. The fourth-order valence-electron chi connectivity index (χ4n) is 2.55. The SMILES string of the molecule is CC(C)(C)OC(=O)N[C@@H]1CC[C@H](Cc2ncc[nH]2)C1. The molecular weight excluding hydrogens is 242 g/mol. The number of H-pyrrole nitrogens is 1. The number of hydrogen-bond acceptors (Lipinski definition) is 3. The number of nitrogens with one attached hydrogen (secondary N) is 2. The molecule has 0 aromatic carbocycles. The zero-order valence-corrected chi connectivity index (χ0v) is 11.9. The molecule has 0 radical (unpaired) electrons. The van der Waals surface area contributed by atoms with Crippen LogP contribution in [-0.4, -0.2) is 27.7 Å². The Balaban J connectivity index is 1.74. The smallest absolute Gasteiger partial charge is 0.407 e. The van der Waals surface area contributed by atoms with Crippen LogP contribution >= 0.6 is 0 Å². The van der Waals surface area contributed by atoms with Crippen molar-refractivity contribution in [1.29, 1.82) is 0 Å². The molecule has 2 rings (SSSR count). The van der Waals surface area contributed by atoms with Gasteiger partial charge in [0.2, 0.25) is 0 Å². The Bertz CT molecular complexity index is 409. The van der Waals surface area contributed by atoms with Crippen LogP contribution in [0.1, 0.15) is 45.9 Å². The van der Waals surface area contributed by atoms with Crippen molar-refractivity contribution < 1.29 is 9.53 Å². The van der Waals surface area contributed by atoms with Crippen LogP contribution in [0.2, 0.25) is 0 Å². The summed E-state index contributed by atoms with van der Waals surface area (Å²) in [5.41, 5.74) is -0.434. The van der Waals surface area contributed by atoms with E-state index in [4.69, 9.17) is 4.74 Å². The maximum atomic E-state index is 11.7. The van der Waals surface area contributed by atoms with Crippen LogP contribution in [0, 0.1) is 5.92 Å². The number of hydrogen-bond donors (Lipinski definition) is 2. The van der Waals surface area contributed by atoms with Crippen LogP contribution in [0.4, 0.5) is 4.79 Å². The summed E-state index contributed by atoms with van der Waals surface area (Å²) in [5.74, 6) is 1.62. The Morgan fingerprint density at radius 2 is 2.32 bits per heavy atom. The minimum absolute atomic E-state index is 0.231. The summed E-state index contributed by atoms with van der Waals surface area (Å²) >= 11 is 0. The summed E-state index contributed by atoms with van der Waals surface area (Å²) in [5, 5.41) is 2.95. The molecule has 1 aromatic heterocycles. The lowest BCUT2D eigenvalue weighted by Crippen LogP contribution is -2.38. The number of carbonyl (C=O) groups is 1. The highest BCUT2D eigenvalue weighted by Crippen LogP contribution is 2.28. The summed E-state index contributed by atoms with van der Waals surface area (Å²) < 4.78 is 5.27. The van der Waals surface area contributed by atoms with E-state index in [-0.39, 0.29) is 12.1 Å². The predicted octanol–water partition coefficient (Wildman–Crippen LogP) is 2.65. The van der Waals surface area contributed by atoms with Crippen LogP contribution < -0.4 is 5.32 Å². The third-order valence-corrected chi connectivity index (χ3v) is 3.30. The van der Waals surface area contributed by atoms with E-state index in [0.717, 1.165) is 31.5 Å². The van der Waals surface area contributed by atoms with E-state index in [1.54, 1.807) is 6.20 Å². The Labute approximate surface area is 114 Å². The molecule has 0 aliphatic heterocycles. The van der Waals surface area contributed by atoms with E-state index in [1.165, 1.54) is 0 Å². The van der Waals surface area contributed by atoms with Crippen molar-refractivity contribution >= 4 is 6.09 Å². The van der Waals surface area contributed by atoms with Crippen LogP contribution in [0.5, 0.6) is 0 Å². The zero-order valence-electron chi connectivity index (χ0n) is 11.9. The van der Waals surface area contributed by atoms with E-state index < -0.39 is 5.60 Å². The van der Waals surface area contributed by atoms with Crippen molar-refractivity contribution in [3.63, 3.8) is 0 Å². The minimum Gasteiger partial charge on any atom is -0.444 e. The molecule has 2 N–H and O–H groups in total. The number of carbonyl (C=O) groups excluding carboxylic acids is 1. The van der Waals surface area contributed by atoms with Gasteiger partial charge in [0.25, 0.3) is 0 Å². The molecule has 1 aliphatic rings. The Morgan fingerprint density at radius 3 is 2.95 bits per heavy atom. The standard InChI is InChI=1S/C14H23N3O2/c1-14(2,3)19-13(18)17-11-5-4-10(8-11)9-12-15-6-7-16-12/h6-7,10-11H,4-5,8-9H2,1-3H3,(H,15,16)(H,17,18)/t10-,11+/m0/s1. The molecule has 1 aromatic rings. The quantitative estimate of drug-likeness (QED) is 0.883. The first-order chi connectivity index (χ1) is 8.92. The number of aromatic nitrogens is 2. The lowest BCUT2D eigenvalue weighted by atomic mass is 10.0. The van der Waals surface area contributed by atoms with Gasteiger partial charge in [-0.25, -0.2) is 9.78 Å². The molecule has 1 amide bonds. The number of ether oxygens (including phenoxy) is 1. The highest BCUT2D eigenvalue weighted by molar-refractivity contribution is 5.68. The summed E-state index contributed by atoms with van der Waals surface area (Å²) in [6.07, 6.45) is 7.42. The monoisotopic (exact) mass is 265 g/mol. The van der Waals surface area contributed by atoms with Crippen molar-refractivity contribution in [2.45, 2.75) is 58.1 Å². The fraction of sp³-hybridized carbons (Fsp3) is 0.714. The van der Waals surface area contributed by atoms with E-state index in [2.05, 4.69) is 15.3 Å². The number of amides is 1. The second-order valence-electron chi connectivity index (χ2n) is 6.26. The highest BCUT2D eigenvalue weighted by atomic mass is 16.6. The first kappa shape index (κ1) is 13.9. The maximum absolute atomic E-state index is 11.7. The van der Waals surface area contributed by atoms with Crippen LogP contribution in [0.15, 0.2) is 12.4 Å². The van der Waals surface area contributed by atoms with Gasteiger partial charge in [-0.15, -0.1) is 0 Å². The fourth-order valence-corrected chi connectivity index (χ4v) is 2.55. The second kappa shape index (κ2) is 5.63. The van der Waals surface area contributed by atoms with Gasteiger partial charge < -0.3 is 15.0 Å². The van der Waals surface area contributed by atoms with Crippen molar-refractivity contribution in [2.75, 3.05) is 0 Å². The molecule has 0 bridgehead atoms. The Kier molecular flexibility index (Phi) is 4.12. The number of rotatable bonds is 3. The summed E-state index contributed by atoms with van der Waals surface area (Å²) in [7, 11) is 0. The van der Waals surface area contributed by atoms with Crippen molar-refractivity contribution in [2.24, 2.45) is 5.92 Å². The van der Waals surface area contributed by atoms with Gasteiger partial charge in [0, 0.05) is 24.9 Å². The topological polar surface area (TPSA) is 67.0 Å². The molecule has 0 saturated heterocycles. The molecule has 0 unspecified atom stereocenters. The van der Waals surface area contributed by atoms with Crippen LogP contribution in [0.25, 0.3) is 0 Å². The van der Waals surface area contributed by atoms with Gasteiger partial charge in [0.05, 0.1) is 0 Å². The molecule has 1 saturated carbocycles. The number of aromatic amines is 1. The minimum atomic E-state index is -0.434. The van der Waals surface area contributed by atoms with Crippen LogP contribution in [0.3, 0.4) is 0 Å². The molecule has 19 heavy (non-hydrogen) atoms. The molecule has 2 atom stereocenters. The molecular formula is C14H23N3O2. The third-order valence-electron chi connectivity index (χ3n) is 3.30. The van der Waals surface area contributed by atoms with E-state index in [1.807, 2.05) is 27.0 Å². The van der Waals surface area contributed by atoms with Crippen molar-refractivity contribution in [1.82, 2.24) is 15.3 Å². The lowest BCUT2D eigenvalue weighted by Gasteiger charge is -2.21. The second-order valence-corrected chi connectivity index (χ2v) is 6.26. The summed E-state index contributed by atoms with van der Waals surface area (Å²) in [6, 6.07) is 0.231. The molecule has 1 fully saturated rings.